The predicted octanol–water partition coefficient (Wildman–Crippen LogP) is 2.44. The van der Waals surface area contributed by atoms with Gasteiger partial charge in [-0.15, -0.1) is 11.3 Å². The summed E-state index contributed by atoms with van der Waals surface area (Å²) in [5.41, 5.74) is 1.38. The number of aryl methyl sites for hydroxylation is 2. The van der Waals surface area contributed by atoms with Crippen molar-refractivity contribution in [2.75, 3.05) is 4.72 Å². The summed E-state index contributed by atoms with van der Waals surface area (Å²) in [5, 5.41) is 1.000. The molecule has 1 aromatic carbocycles. The van der Waals surface area contributed by atoms with Crippen molar-refractivity contribution in [1.29, 1.82) is 0 Å². The van der Waals surface area contributed by atoms with E-state index in [-0.39, 0.29) is 5.03 Å². The van der Waals surface area contributed by atoms with E-state index < -0.39 is 10.0 Å². The molecule has 0 radical (unpaired) electrons. The first-order valence-electron chi connectivity index (χ1n) is 5.86. The van der Waals surface area contributed by atoms with Crippen molar-refractivity contribution in [2.24, 2.45) is 0 Å². The van der Waals surface area contributed by atoms with Gasteiger partial charge >= 0.3 is 0 Å². The van der Waals surface area contributed by atoms with Crippen molar-refractivity contribution >= 4 is 37.3 Å². The van der Waals surface area contributed by atoms with Gasteiger partial charge in [0, 0.05) is 0 Å². The molecule has 2 heterocycles. The second kappa shape index (κ2) is 4.57. The van der Waals surface area contributed by atoms with Gasteiger partial charge in [-0.2, -0.15) is 8.42 Å². The summed E-state index contributed by atoms with van der Waals surface area (Å²) >= 11 is 1.53. The fourth-order valence-electron chi connectivity index (χ4n) is 1.85. The Labute approximate surface area is 119 Å². The van der Waals surface area contributed by atoms with E-state index in [1.165, 1.54) is 17.5 Å². The van der Waals surface area contributed by atoms with E-state index in [1.54, 1.807) is 25.1 Å². The summed E-state index contributed by atoms with van der Waals surface area (Å²) in [6.45, 7) is 3.62. The molecule has 20 heavy (non-hydrogen) atoms. The number of H-pyrrole nitrogens is 1. The molecule has 2 aromatic heterocycles. The number of nitrogens with one attached hydrogen (secondary N) is 2. The monoisotopic (exact) mass is 308 g/mol. The predicted molar refractivity (Wildman–Crippen MR) is 78.5 cm³/mol. The van der Waals surface area contributed by atoms with Crippen molar-refractivity contribution in [3.05, 3.63) is 35.2 Å². The number of sulfonamides is 1. The Hall–Kier alpha value is -1.93. The van der Waals surface area contributed by atoms with Crippen LogP contribution in [0.5, 0.6) is 0 Å². The molecule has 0 bridgehead atoms. The molecule has 0 fully saturated rings. The van der Waals surface area contributed by atoms with Gasteiger partial charge in [-0.1, -0.05) is 0 Å². The third-order valence-electron chi connectivity index (χ3n) is 2.72. The molecule has 0 saturated carbocycles. The lowest BCUT2D eigenvalue weighted by atomic mass is 10.3. The van der Waals surface area contributed by atoms with E-state index in [0.717, 1.165) is 15.2 Å². The maximum absolute atomic E-state index is 12.2. The number of benzene rings is 1. The lowest BCUT2D eigenvalue weighted by Gasteiger charge is -2.05. The molecule has 6 nitrogen and oxygen atoms in total. The van der Waals surface area contributed by atoms with Gasteiger partial charge < -0.3 is 4.98 Å². The SMILES string of the molecule is Cc1ncc(S(=O)(=O)Nc2ccc3nc(C)sc3c2)[nH]1. The number of nitrogens with zero attached hydrogens (tertiary/aromatic N) is 2. The molecule has 0 amide bonds. The first-order chi connectivity index (χ1) is 9.44. The second-order valence-electron chi connectivity index (χ2n) is 4.35. The molecule has 0 saturated heterocycles. The number of hydrogen-bond acceptors (Lipinski definition) is 5. The Morgan fingerprint density at radius 2 is 2.10 bits per heavy atom. The smallest absolute Gasteiger partial charge is 0.278 e. The van der Waals surface area contributed by atoms with Crippen molar-refractivity contribution in [3.63, 3.8) is 0 Å². The summed E-state index contributed by atoms with van der Waals surface area (Å²) in [4.78, 5) is 10.9. The quantitative estimate of drug-likeness (QED) is 0.778. The van der Waals surface area contributed by atoms with Crippen molar-refractivity contribution in [2.45, 2.75) is 18.9 Å². The zero-order valence-corrected chi connectivity index (χ0v) is 12.5. The number of hydrogen-bond donors (Lipinski definition) is 2. The zero-order chi connectivity index (χ0) is 14.3. The maximum atomic E-state index is 12.2. The molecule has 3 rings (SSSR count). The summed E-state index contributed by atoms with van der Waals surface area (Å²) in [7, 11) is -3.64. The Kier molecular flexibility index (Phi) is 2.98. The highest BCUT2D eigenvalue weighted by atomic mass is 32.2. The van der Waals surface area contributed by atoms with Crippen LogP contribution in [0.25, 0.3) is 10.2 Å². The highest BCUT2D eigenvalue weighted by Gasteiger charge is 2.17. The molecule has 0 spiro atoms. The van der Waals surface area contributed by atoms with Crippen molar-refractivity contribution in [3.8, 4) is 0 Å². The van der Waals surface area contributed by atoms with Gasteiger partial charge in [-0.25, -0.2) is 9.97 Å². The van der Waals surface area contributed by atoms with E-state index in [4.69, 9.17) is 0 Å². The first-order valence-corrected chi connectivity index (χ1v) is 8.16. The van der Waals surface area contributed by atoms with Crippen molar-refractivity contribution in [1.82, 2.24) is 15.0 Å². The standard InChI is InChI=1S/C12H12N4O2S2/c1-7-13-6-12(14-7)20(17,18)16-9-3-4-10-11(5-9)19-8(2)15-10/h3-6,16H,1-2H3,(H,13,14). The van der Waals surface area contributed by atoms with Gasteiger partial charge in [0.15, 0.2) is 5.03 Å². The van der Waals surface area contributed by atoms with Gasteiger partial charge in [0.2, 0.25) is 0 Å². The fraction of sp³-hybridized carbons (Fsp3) is 0.167. The highest BCUT2D eigenvalue weighted by Crippen LogP contribution is 2.25. The van der Waals surface area contributed by atoms with Crippen LogP contribution in [-0.2, 0) is 10.0 Å². The molecule has 3 aromatic rings. The van der Waals surface area contributed by atoms with Gasteiger partial charge in [-0.05, 0) is 32.0 Å². The number of thiazole rings is 1. The van der Waals surface area contributed by atoms with Crippen LogP contribution in [0.3, 0.4) is 0 Å². The Morgan fingerprint density at radius 3 is 2.80 bits per heavy atom. The molecule has 104 valence electrons. The van der Waals surface area contributed by atoms with Crippen molar-refractivity contribution < 1.29 is 8.42 Å². The number of anilines is 1. The second-order valence-corrected chi connectivity index (χ2v) is 7.24. The lowest BCUT2D eigenvalue weighted by molar-refractivity contribution is 0.598. The third-order valence-corrected chi connectivity index (χ3v) is 4.94. The van der Waals surface area contributed by atoms with Gasteiger partial charge in [0.1, 0.15) is 5.82 Å². The van der Waals surface area contributed by atoms with Gasteiger partial charge in [-0.3, -0.25) is 4.72 Å². The minimum atomic E-state index is -3.64. The van der Waals surface area contributed by atoms with Crippen LogP contribution < -0.4 is 4.72 Å². The van der Waals surface area contributed by atoms with Crippen LogP contribution in [0.4, 0.5) is 5.69 Å². The number of fused-ring (bicyclic) bond motifs is 1. The molecule has 0 atom stereocenters. The average molecular weight is 308 g/mol. The van der Waals surface area contributed by atoms with E-state index >= 15 is 0 Å². The molecule has 0 aliphatic carbocycles. The molecule has 0 aliphatic heterocycles. The van der Waals surface area contributed by atoms with E-state index in [2.05, 4.69) is 19.7 Å². The van der Waals surface area contributed by atoms with Crippen LogP contribution in [0.15, 0.2) is 29.4 Å². The first kappa shape index (κ1) is 13.1. The van der Waals surface area contributed by atoms with Crippen LogP contribution in [0.1, 0.15) is 10.8 Å². The summed E-state index contributed by atoms with van der Waals surface area (Å²) < 4.78 is 27.8. The summed E-state index contributed by atoms with van der Waals surface area (Å²) in [6.07, 6.45) is 1.30. The van der Waals surface area contributed by atoms with Gasteiger partial charge in [0.25, 0.3) is 10.0 Å². The van der Waals surface area contributed by atoms with Crippen LogP contribution in [0.2, 0.25) is 0 Å². The largest absolute Gasteiger partial charge is 0.332 e. The fourth-order valence-corrected chi connectivity index (χ4v) is 3.74. The zero-order valence-electron chi connectivity index (χ0n) is 10.8. The molecule has 2 N–H and O–H groups in total. The lowest BCUT2D eigenvalue weighted by Crippen LogP contribution is -2.13. The highest BCUT2D eigenvalue weighted by molar-refractivity contribution is 7.92. The van der Waals surface area contributed by atoms with Crippen LogP contribution in [0, 0.1) is 13.8 Å². The minimum Gasteiger partial charge on any atom is -0.332 e. The van der Waals surface area contributed by atoms with Crippen LogP contribution in [-0.4, -0.2) is 23.4 Å². The number of imidazole rings is 1. The third kappa shape index (κ3) is 2.39. The van der Waals surface area contributed by atoms with E-state index in [9.17, 15) is 8.42 Å². The average Bonchev–Trinajstić information content (AvgIpc) is 2.93. The molecule has 8 heteroatoms. The summed E-state index contributed by atoms with van der Waals surface area (Å²) in [6, 6.07) is 5.28. The topological polar surface area (TPSA) is 87.7 Å². The van der Waals surface area contributed by atoms with E-state index in [1.807, 2.05) is 6.92 Å². The number of rotatable bonds is 3. The molecule has 0 unspecified atom stereocenters. The Bertz CT molecular complexity index is 880. The number of aromatic amines is 1. The number of aromatic nitrogens is 3. The van der Waals surface area contributed by atoms with Gasteiger partial charge in [0.05, 0.1) is 27.1 Å². The molecular weight excluding hydrogens is 296 g/mol. The Morgan fingerprint density at radius 1 is 1.30 bits per heavy atom. The van der Waals surface area contributed by atoms with Crippen LogP contribution >= 0.6 is 11.3 Å². The maximum Gasteiger partial charge on any atom is 0.278 e. The Balaban J connectivity index is 1.96. The molecule has 0 aliphatic rings. The summed E-state index contributed by atoms with van der Waals surface area (Å²) in [5.74, 6) is 0.555. The normalized spacial score (nSPS) is 11.9. The van der Waals surface area contributed by atoms with E-state index in [0.29, 0.717) is 11.5 Å². The molecular formula is C12H12N4O2S2. The minimum absolute atomic E-state index is 0.0515.